The number of halogens is 3. The van der Waals surface area contributed by atoms with E-state index >= 15 is 4.39 Å². The number of nitriles is 2. The molecule has 1 saturated carbocycles. The molecule has 6 rings (SSSR count). The molecule has 13 heteroatoms. The fraction of sp³-hybridized carbons (Fsp3) is 0.212. The molecule has 5 aromatic rings. The van der Waals surface area contributed by atoms with Crippen molar-refractivity contribution in [2.24, 2.45) is 5.41 Å². The normalized spacial score (nSPS) is 13.2. The van der Waals surface area contributed by atoms with E-state index in [2.05, 4.69) is 21.0 Å². The Balaban J connectivity index is 1.21. The molecule has 1 fully saturated rings. The number of ether oxygens (including phenoxy) is 2. The highest BCUT2D eigenvalue weighted by molar-refractivity contribution is 5.92. The van der Waals surface area contributed by atoms with E-state index in [1.807, 2.05) is 6.07 Å². The van der Waals surface area contributed by atoms with Crippen molar-refractivity contribution in [2.45, 2.75) is 38.8 Å². The fourth-order valence-corrected chi connectivity index (χ4v) is 5.10. The van der Waals surface area contributed by atoms with E-state index in [1.54, 1.807) is 4.57 Å². The summed E-state index contributed by atoms with van der Waals surface area (Å²) in [6.07, 6.45) is 3.21. The van der Waals surface area contributed by atoms with E-state index in [0.29, 0.717) is 12.4 Å². The van der Waals surface area contributed by atoms with Gasteiger partial charge in [-0.25, -0.2) is 27.9 Å². The number of nitrogens with zero attached hydrogens (tertiary/aromatic N) is 6. The number of fused-ring (bicyclic) bond motifs is 1. The lowest BCUT2D eigenvalue weighted by Crippen LogP contribution is -2.15. The van der Waals surface area contributed by atoms with Gasteiger partial charge in [-0.2, -0.15) is 15.5 Å². The maximum Gasteiger partial charge on any atom is 0.335 e. The summed E-state index contributed by atoms with van der Waals surface area (Å²) < 4.78 is 57.3. The van der Waals surface area contributed by atoms with Crippen LogP contribution in [0.1, 0.15) is 52.4 Å². The zero-order valence-electron chi connectivity index (χ0n) is 24.0. The van der Waals surface area contributed by atoms with Gasteiger partial charge in [0.25, 0.3) is 0 Å². The van der Waals surface area contributed by atoms with Crippen LogP contribution in [0.2, 0.25) is 0 Å². The van der Waals surface area contributed by atoms with Crippen LogP contribution >= 0.6 is 0 Å². The first kappa shape index (κ1) is 30.1. The van der Waals surface area contributed by atoms with Crippen molar-refractivity contribution in [3.05, 3.63) is 107 Å². The van der Waals surface area contributed by atoms with Gasteiger partial charge < -0.3 is 19.1 Å². The highest BCUT2D eigenvalue weighted by atomic mass is 19.1. The minimum absolute atomic E-state index is 0.0291. The van der Waals surface area contributed by atoms with Crippen molar-refractivity contribution < 1.29 is 32.5 Å². The van der Waals surface area contributed by atoms with Gasteiger partial charge in [-0.15, -0.1) is 0 Å². The SMILES string of the molecule is N#CCC1(Cn2c(Cc3ccc(Oc4ccnc(COc5ccc(C#N)cc5F)n4)cc3F)nc3c(F)cc(C(=O)O)cc32)CC1. The number of aromatic carboxylic acids is 1. The average molecular weight is 625 g/mol. The van der Waals surface area contributed by atoms with E-state index in [4.69, 9.17) is 14.7 Å². The first-order valence-electron chi connectivity index (χ1n) is 14.1. The van der Waals surface area contributed by atoms with Gasteiger partial charge in [0.15, 0.2) is 23.2 Å². The molecule has 3 aromatic carbocycles. The number of rotatable bonds is 11. The van der Waals surface area contributed by atoms with Gasteiger partial charge in [-0.3, -0.25) is 0 Å². The van der Waals surface area contributed by atoms with Crippen LogP contribution in [-0.4, -0.2) is 30.6 Å². The van der Waals surface area contributed by atoms with Gasteiger partial charge in [0.05, 0.1) is 28.8 Å². The van der Waals surface area contributed by atoms with Crippen molar-refractivity contribution >= 4 is 17.0 Å². The second-order valence-corrected chi connectivity index (χ2v) is 11.0. The number of carboxylic acids is 1. The molecule has 1 aliphatic rings. The maximum atomic E-state index is 15.4. The number of imidazole rings is 1. The van der Waals surface area contributed by atoms with Gasteiger partial charge >= 0.3 is 5.97 Å². The Hall–Kier alpha value is -5.95. The number of carboxylic acid groups (broad SMARTS) is 1. The summed E-state index contributed by atoms with van der Waals surface area (Å²) in [6.45, 7) is 0.119. The van der Waals surface area contributed by atoms with Crippen LogP contribution < -0.4 is 9.47 Å². The third-order valence-electron chi connectivity index (χ3n) is 7.73. The largest absolute Gasteiger partial charge is 0.483 e. The molecule has 0 atom stereocenters. The number of hydrogen-bond acceptors (Lipinski definition) is 8. The second kappa shape index (κ2) is 12.2. The molecule has 2 aromatic heterocycles. The van der Waals surface area contributed by atoms with Crippen molar-refractivity contribution in [3.63, 3.8) is 0 Å². The molecule has 2 heterocycles. The van der Waals surface area contributed by atoms with Crippen LogP contribution in [0.5, 0.6) is 17.4 Å². The lowest BCUT2D eigenvalue weighted by Gasteiger charge is -2.16. The molecular weight excluding hydrogens is 601 g/mol. The lowest BCUT2D eigenvalue weighted by atomic mass is 10.0. The zero-order chi connectivity index (χ0) is 32.4. The van der Waals surface area contributed by atoms with E-state index in [-0.39, 0.29) is 75.8 Å². The van der Waals surface area contributed by atoms with E-state index in [1.165, 1.54) is 42.6 Å². The number of hydrogen-bond donors (Lipinski definition) is 1. The predicted molar refractivity (Wildman–Crippen MR) is 155 cm³/mol. The summed E-state index contributed by atoms with van der Waals surface area (Å²) in [6, 6.07) is 15.7. The molecule has 0 spiro atoms. The summed E-state index contributed by atoms with van der Waals surface area (Å²) in [5.74, 6) is -2.81. The topological polar surface area (TPSA) is 147 Å². The second-order valence-electron chi connectivity index (χ2n) is 11.0. The minimum atomic E-state index is -1.29. The Labute approximate surface area is 259 Å². The monoisotopic (exact) mass is 624 g/mol. The molecule has 230 valence electrons. The first-order valence-corrected chi connectivity index (χ1v) is 14.1. The maximum absolute atomic E-state index is 15.4. The van der Waals surface area contributed by atoms with Crippen LogP contribution in [0.4, 0.5) is 13.2 Å². The van der Waals surface area contributed by atoms with Gasteiger partial charge in [0, 0.05) is 43.1 Å². The van der Waals surface area contributed by atoms with Crippen molar-refractivity contribution in [1.29, 1.82) is 10.5 Å². The third kappa shape index (κ3) is 6.30. The van der Waals surface area contributed by atoms with Crippen LogP contribution in [0.15, 0.2) is 60.8 Å². The molecule has 0 saturated heterocycles. The van der Waals surface area contributed by atoms with E-state index in [0.717, 1.165) is 31.0 Å². The quantitative estimate of drug-likeness (QED) is 0.175. The number of benzene rings is 3. The zero-order valence-corrected chi connectivity index (χ0v) is 24.0. The Bertz CT molecular complexity index is 2080. The third-order valence-corrected chi connectivity index (χ3v) is 7.73. The smallest absolute Gasteiger partial charge is 0.335 e. The first-order chi connectivity index (χ1) is 22.2. The van der Waals surface area contributed by atoms with Crippen molar-refractivity contribution in [2.75, 3.05) is 0 Å². The Morgan fingerprint density at radius 1 is 1.00 bits per heavy atom. The number of aromatic nitrogens is 4. The van der Waals surface area contributed by atoms with Gasteiger partial charge in [0.1, 0.15) is 29.5 Å². The number of carbonyl (C=O) groups is 1. The van der Waals surface area contributed by atoms with Crippen LogP contribution in [0, 0.1) is 45.5 Å². The fourth-order valence-electron chi connectivity index (χ4n) is 5.10. The molecule has 10 nitrogen and oxygen atoms in total. The molecular formula is C33H23F3N6O4. The van der Waals surface area contributed by atoms with Crippen LogP contribution in [0.25, 0.3) is 11.0 Å². The van der Waals surface area contributed by atoms with Crippen LogP contribution in [-0.2, 0) is 19.6 Å². The summed E-state index contributed by atoms with van der Waals surface area (Å²) in [4.78, 5) is 24.3. The molecule has 1 aliphatic carbocycles. The summed E-state index contributed by atoms with van der Waals surface area (Å²) in [5.41, 5.74) is 0.0474. The predicted octanol–water partition coefficient (Wildman–Crippen LogP) is 6.47. The molecule has 0 amide bonds. The molecule has 0 unspecified atom stereocenters. The molecule has 0 bridgehead atoms. The standard InChI is InChI=1S/C33H23F3N6O4/c34-23-15-22(46-30-5-10-39-28(40-30)17-45-27-4-1-19(16-38)11-24(27)35)3-2-20(23)14-29-41-31-25(36)12-21(32(43)44)13-26(31)42(29)18-33(6-7-33)8-9-37/h1-5,10-13,15H,6-8,14,17-18H2,(H,43,44). The molecule has 1 N–H and O–H groups in total. The van der Waals surface area contributed by atoms with Crippen molar-refractivity contribution in [1.82, 2.24) is 19.5 Å². The Morgan fingerprint density at radius 3 is 2.52 bits per heavy atom. The van der Waals surface area contributed by atoms with E-state index in [9.17, 15) is 23.9 Å². The average Bonchev–Trinajstić information content (AvgIpc) is 3.71. The van der Waals surface area contributed by atoms with Gasteiger partial charge in [-0.05, 0) is 54.8 Å². The minimum Gasteiger partial charge on any atom is -0.483 e. The van der Waals surface area contributed by atoms with Crippen molar-refractivity contribution in [3.8, 4) is 29.5 Å². The molecule has 0 radical (unpaired) electrons. The van der Waals surface area contributed by atoms with Gasteiger partial charge in [-0.1, -0.05) is 6.07 Å². The van der Waals surface area contributed by atoms with Gasteiger partial charge in [0.2, 0.25) is 5.88 Å². The lowest BCUT2D eigenvalue weighted by molar-refractivity contribution is 0.0696. The Kier molecular flexibility index (Phi) is 7.99. The highest BCUT2D eigenvalue weighted by Gasteiger charge is 2.43. The highest BCUT2D eigenvalue weighted by Crippen LogP contribution is 2.50. The summed E-state index contributed by atoms with van der Waals surface area (Å²) >= 11 is 0. The van der Waals surface area contributed by atoms with Crippen LogP contribution in [0.3, 0.4) is 0 Å². The van der Waals surface area contributed by atoms with E-state index < -0.39 is 23.4 Å². The molecule has 0 aliphatic heterocycles. The Morgan fingerprint density at radius 2 is 1.83 bits per heavy atom. The molecule has 46 heavy (non-hydrogen) atoms. The summed E-state index contributed by atoms with van der Waals surface area (Å²) in [5, 5.41) is 27.7. The summed E-state index contributed by atoms with van der Waals surface area (Å²) in [7, 11) is 0.